The molecule has 4 aromatic rings. The van der Waals surface area contributed by atoms with Crippen molar-refractivity contribution in [2.24, 2.45) is 5.73 Å². The van der Waals surface area contributed by atoms with Crippen molar-refractivity contribution in [2.45, 2.75) is 37.8 Å². The van der Waals surface area contributed by atoms with Gasteiger partial charge in [0.2, 0.25) is 0 Å². The number of anilines is 3. The van der Waals surface area contributed by atoms with E-state index in [1.807, 2.05) is 36.4 Å². The molecule has 30 heavy (non-hydrogen) atoms. The zero-order chi connectivity index (χ0) is 20.5. The summed E-state index contributed by atoms with van der Waals surface area (Å²) in [6.07, 6.45) is 7.68. The van der Waals surface area contributed by atoms with Crippen molar-refractivity contribution in [1.82, 2.24) is 20.2 Å². The third-order valence-electron chi connectivity index (χ3n) is 5.65. The van der Waals surface area contributed by atoms with Crippen LogP contribution in [0.3, 0.4) is 0 Å². The molecule has 1 fully saturated rings. The van der Waals surface area contributed by atoms with E-state index in [9.17, 15) is 4.79 Å². The van der Waals surface area contributed by atoms with Crippen LogP contribution in [0.5, 0.6) is 0 Å². The second-order valence-electron chi connectivity index (χ2n) is 7.76. The number of aromatic nitrogens is 4. The standard InChI is InChI=1S/C22H23N7O/c23-16-6-2-4-8-18(16)27-19-10-14-11-25-29-22(30)20(14)21(28-19)26-15-9-13-5-1-3-7-17(13)24-12-15/h1,3,5,7,9-12,16,18H,2,4,6,8,23H2,(H,29,30)(H2,26,27,28)/t16-,18+/m0/s1. The molecule has 1 aliphatic carbocycles. The highest BCUT2D eigenvalue weighted by molar-refractivity contribution is 5.94. The van der Waals surface area contributed by atoms with E-state index < -0.39 is 0 Å². The summed E-state index contributed by atoms with van der Waals surface area (Å²) < 4.78 is 0. The summed E-state index contributed by atoms with van der Waals surface area (Å²) in [4.78, 5) is 21.7. The fourth-order valence-corrected chi connectivity index (χ4v) is 4.09. The number of pyridine rings is 2. The molecule has 1 aromatic carbocycles. The highest BCUT2D eigenvalue weighted by Gasteiger charge is 2.22. The lowest BCUT2D eigenvalue weighted by molar-refractivity contribution is 0.403. The van der Waals surface area contributed by atoms with Crippen molar-refractivity contribution in [3.63, 3.8) is 0 Å². The predicted molar refractivity (Wildman–Crippen MR) is 119 cm³/mol. The van der Waals surface area contributed by atoms with Gasteiger partial charge in [-0.1, -0.05) is 31.0 Å². The molecule has 1 aliphatic rings. The van der Waals surface area contributed by atoms with Crippen LogP contribution in [-0.4, -0.2) is 32.2 Å². The lowest BCUT2D eigenvalue weighted by atomic mass is 9.91. The van der Waals surface area contributed by atoms with Crippen LogP contribution in [-0.2, 0) is 0 Å². The van der Waals surface area contributed by atoms with Crippen molar-refractivity contribution in [3.8, 4) is 0 Å². The molecular weight excluding hydrogens is 378 g/mol. The molecule has 3 aromatic heterocycles. The van der Waals surface area contributed by atoms with Crippen LogP contribution in [0.4, 0.5) is 17.3 Å². The molecule has 8 heteroatoms. The molecule has 0 bridgehead atoms. The van der Waals surface area contributed by atoms with E-state index in [1.165, 1.54) is 0 Å². The highest BCUT2D eigenvalue weighted by Crippen LogP contribution is 2.27. The Balaban J connectivity index is 1.55. The number of aromatic amines is 1. The third-order valence-corrected chi connectivity index (χ3v) is 5.65. The number of hydrogen-bond donors (Lipinski definition) is 4. The van der Waals surface area contributed by atoms with Crippen LogP contribution in [0.1, 0.15) is 25.7 Å². The van der Waals surface area contributed by atoms with Gasteiger partial charge in [-0.25, -0.2) is 10.1 Å². The molecule has 0 unspecified atom stereocenters. The second kappa shape index (κ2) is 7.72. The van der Waals surface area contributed by atoms with Gasteiger partial charge in [-0.3, -0.25) is 9.78 Å². The van der Waals surface area contributed by atoms with Crippen molar-refractivity contribution >= 4 is 39.0 Å². The van der Waals surface area contributed by atoms with Gasteiger partial charge in [-0.05, 0) is 31.0 Å². The first kappa shape index (κ1) is 18.5. The van der Waals surface area contributed by atoms with Gasteiger partial charge in [0.25, 0.3) is 5.56 Å². The van der Waals surface area contributed by atoms with Crippen molar-refractivity contribution < 1.29 is 0 Å². The van der Waals surface area contributed by atoms with Gasteiger partial charge in [0.05, 0.1) is 29.0 Å². The molecular formula is C22H23N7O. The molecule has 5 rings (SSSR count). The average molecular weight is 401 g/mol. The molecule has 0 aliphatic heterocycles. The number of hydrogen-bond acceptors (Lipinski definition) is 7. The first-order chi connectivity index (χ1) is 14.7. The van der Waals surface area contributed by atoms with E-state index in [1.54, 1.807) is 12.4 Å². The minimum Gasteiger partial charge on any atom is -0.366 e. The molecule has 0 spiro atoms. The monoisotopic (exact) mass is 401 g/mol. The Morgan fingerprint density at radius 2 is 1.93 bits per heavy atom. The lowest BCUT2D eigenvalue weighted by Crippen LogP contribution is -2.42. The topological polar surface area (TPSA) is 122 Å². The maximum absolute atomic E-state index is 12.5. The molecule has 1 saturated carbocycles. The summed E-state index contributed by atoms with van der Waals surface area (Å²) in [5.74, 6) is 1.13. The van der Waals surface area contributed by atoms with Gasteiger partial charge < -0.3 is 16.4 Å². The van der Waals surface area contributed by atoms with Crippen LogP contribution in [0.15, 0.2) is 53.6 Å². The highest BCUT2D eigenvalue weighted by atomic mass is 16.1. The largest absolute Gasteiger partial charge is 0.366 e. The summed E-state index contributed by atoms with van der Waals surface area (Å²) in [7, 11) is 0. The first-order valence-electron chi connectivity index (χ1n) is 10.2. The average Bonchev–Trinajstić information content (AvgIpc) is 2.75. The lowest BCUT2D eigenvalue weighted by Gasteiger charge is -2.30. The fourth-order valence-electron chi connectivity index (χ4n) is 4.09. The van der Waals surface area contributed by atoms with E-state index in [2.05, 4.69) is 25.8 Å². The molecule has 152 valence electrons. The van der Waals surface area contributed by atoms with Crippen LogP contribution in [0.2, 0.25) is 0 Å². The van der Waals surface area contributed by atoms with Gasteiger partial charge in [0, 0.05) is 22.9 Å². The predicted octanol–water partition coefficient (Wildman–Crippen LogP) is 3.29. The number of nitrogens with one attached hydrogen (secondary N) is 3. The second-order valence-corrected chi connectivity index (χ2v) is 7.76. The van der Waals surface area contributed by atoms with Crippen molar-refractivity contribution in [2.75, 3.05) is 10.6 Å². The van der Waals surface area contributed by atoms with E-state index in [4.69, 9.17) is 10.7 Å². The Kier molecular flexibility index (Phi) is 4.76. The number of fused-ring (bicyclic) bond motifs is 2. The maximum atomic E-state index is 12.5. The van der Waals surface area contributed by atoms with Gasteiger partial charge in [-0.2, -0.15) is 5.10 Å². The first-order valence-corrected chi connectivity index (χ1v) is 10.2. The van der Waals surface area contributed by atoms with Gasteiger partial charge in [0.15, 0.2) is 0 Å². The minimum atomic E-state index is -0.294. The molecule has 2 atom stereocenters. The Morgan fingerprint density at radius 1 is 1.07 bits per heavy atom. The zero-order valence-electron chi connectivity index (χ0n) is 16.4. The SMILES string of the molecule is N[C@H]1CCCC[C@H]1Nc1cc2cn[nH]c(=O)c2c(Nc2cnc3ccccc3c2)n1. The normalized spacial score (nSPS) is 19.1. The Morgan fingerprint density at radius 3 is 2.83 bits per heavy atom. The van der Waals surface area contributed by atoms with Gasteiger partial charge >= 0.3 is 0 Å². The number of nitrogens with two attached hydrogens (primary N) is 1. The Labute approximate surface area is 172 Å². The summed E-state index contributed by atoms with van der Waals surface area (Å²) in [6.45, 7) is 0. The van der Waals surface area contributed by atoms with Gasteiger partial charge in [0.1, 0.15) is 11.6 Å². The van der Waals surface area contributed by atoms with Crippen LogP contribution in [0, 0.1) is 0 Å². The summed E-state index contributed by atoms with van der Waals surface area (Å²) >= 11 is 0. The smallest absolute Gasteiger partial charge is 0.275 e. The minimum absolute atomic E-state index is 0.0923. The molecule has 0 saturated heterocycles. The number of benzene rings is 1. The van der Waals surface area contributed by atoms with Crippen LogP contribution in [0.25, 0.3) is 21.7 Å². The third kappa shape index (κ3) is 3.57. The maximum Gasteiger partial charge on any atom is 0.275 e. The van der Waals surface area contributed by atoms with Crippen molar-refractivity contribution in [3.05, 3.63) is 59.1 Å². The quantitative estimate of drug-likeness (QED) is 0.414. The van der Waals surface area contributed by atoms with Crippen LogP contribution >= 0.6 is 0 Å². The summed E-state index contributed by atoms with van der Waals surface area (Å²) in [5.41, 5.74) is 7.66. The number of rotatable bonds is 4. The molecule has 0 radical (unpaired) electrons. The van der Waals surface area contributed by atoms with E-state index >= 15 is 0 Å². The number of nitrogens with zero attached hydrogens (tertiary/aromatic N) is 3. The Hall–Kier alpha value is -3.52. The van der Waals surface area contributed by atoms with E-state index in [-0.39, 0.29) is 17.6 Å². The summed E-state index contributed by atoms with van der Waals surface area (Å²) in [6, 6.07) is 12.0. The summed E-state index contributed by atoms with van der Waals surface area (Å²) in [5, 5.41) is 15.4. The molecule has 5 N–H and O–H groups in total. The fraction of sp³-hybridized carbons (Fsp3) is 0.273. The number of para-hydroxylation sites is 1. The van der Waals surface area contributed by atoms with Gasteiger partial charge in [-0.15, -0.1) is 0 Å². The van der Waals surface area contributed by atoms with Crippen LogP contribution < -0.4 is 21.9 Å². The molecule has 3 heterocycles. The molecule has 8 nitrogen and oxygen atoms in total. The van der Waals surface area contributed by atoms with E-state index in [0.717, 1.165) is 42.3 Å². The Bertz CT molecular complexity index is 1270. The zero-order valence-corrected chi connectivity index (χ0v) is 16.4. The molecule has 0 amide bonds. The van der Waals surface area contributed by atoms with Crippen molar-refractivity contribution in [1.29, 1.82) is 0 Å². The van der Waals surface area contributed by atoms with E-state index in [0.29, 0.717) is 22.4 Å². The number of H-pyrrole nitrogens is 1.